The van der Waals surface area contributed by atoms with Crippen molar-refractivity contribution in [2.45, 2.75) is 33.1 Å². The number of piperidine rings is 1. The maximum atomic E-state index is 5.43. The summed E-state index contributed by atoms with van der Waals surface area (Å²) in [6, 6.07) is 8.09. The monoisotopic (exact) mass is 338 g/mol. The van der Waals surface area contributed by atoms with E-state index in [2.05, 4.69) is 37.1 Å². The van der Waals surface area contributed by atoms with Crippen molar-refractivity contribution in [2.24, 2.45) is 11.8 Å². The van der Waals surface area contributed by atoms with Crippen molar-refractivity contribution in [2.75, 3.05) is 25.1 Å². The summed E-state index contributed by atoms with van der Waals surface area (Å²) in [6.07, 6.45) is 5.93. The van der Waals surface area contributed by atoms with Gasteiger partial charge in [-0.15, -0.1) is 0 Å². The van der Waals surface area contributed by atoms with Crippen molar-refractivity contribution in [3.63, 3.8) is 0 Å². The lowest BCUT2D eigenvalue weighted by molar-refractivity contribution is 0.337. The van der Waals surface area contributed by atoms with E-state index in [1.54, 1.807) is 7.11 Å². The van der Waals surface area contributed by atoms with Gasteiger partial charge in [0.05, 0.1) is 12.6 Å². The van der Waals surface area contributed by atoms with Gasteiger partial charge in [0.2, 0.25) is 5.78 Å². The number of hydrogen-bond acceptors (Lipinski definition) is 4. The Kier molecular flexibility index (Phi) is 4.24. The van der Waals surface area contributed by atoms with Crippen LogP contribution in [0, 0.1) is 11.8 Å². The molecule has 0 atom stereocenters. The van der Waals surface area contributed by atoms with Crippen LogP contribution < -0.4 is 9.64 Å². The molecule has 1 saturated heterocycles. The first-order valence-electron chi connectivity index (χ1n) is 9.22. The highest BCUT2D eigenvalue weighted by Gasteiger charge is 2.21. The molecular formula is C20H26N4O. The predicted molar refractivity (Wildman–Crippen MR) is 101 cm³/mol. The second-order valence-corrected chi connectivity index (χ2v) is 7.46. The van der Waals surface area contributed by atoms with Gasteiger partial charge in [0, 0.05) is 19.3 Å². The summed E-state index contributed by atoms with van der Waals surface area (Å²) in [6.45, 7) is 6.81. The van der Waals surface area contributed by atoms with E-state index in [0.29, 0.717) is 0 Å². The van der Waals surface area contributed by atoms with Gasteiger partial charge in [-0.2, -0.15) is 4.98 Å². The van der Waals surface area contributed by atoms with Gasteiger partial charge < -0.3 is 9.64 Å². The molecule has 1 aliphatic heterocycles. The third-order valence-electron chi connectivity index (χ3n) is 5.21. The molecule has 0 spiro atoms. The first kappa shape index (κ1) is 16.2. The van der Waals surface area contributed by atoms with Crippen LogP contribution in [0.3, 0.4) is 0 Å². The molecule has 3 aromatic rings. The maximum absolute atomic E-state index is 5.43. The molecule has 5 heteroatoms. The van der Waals surface area contributed by atoms with E-state index >= 15 is 0 Å². The predicted octanol–water partition coefficient (Wildman–Crippen LogP) is 4.15. The number of anilines is 1. The minimum Gasteiger partial charge on any atom is -0.494 e. The highest BCUT2D eigenvalue weighted by atomic mass is 16.5. The zero-order chi connectivity index (χ0) is 17.4. The van der Waals surface area contributed by atoms with E-state index in [-0.39, 0.29) is 0 Å². The minimum absolute atomic E-state index is 0.737. The van der Waals surface area contributed by atoms with Crippen molar-refractivity contribution in [1.82, 2.24) is 14.4 Å². The number of hydrogen-bond donors (Lipinski definition) is 0. The Bertz CT molecular complexity index is 878. The molecule has 2 aromatic heterocycles. The highest BCUT2D eigenvalue weighted by molar-refractivity contribution is 5.85. The average molecular weight is 338 g/mol. The van der Waals surface area contributed by atoms with E-state index in [0.717, 1.165) is 53.3 Å². The summed E-state index contributed by atoms with van der Waals surface area (Å²) in [5.74, 6) is 4.21. The molecule has 1 aliphatic rings. The molecule has 0 radical (unpaired) electrons. The van der Waals surface area contributed by atoms with E-state index in [1.165, 1.54) is 19.3 Å². The van der Waals surface area contributed by atoms with Crippen molar-refractivity contribution in [3.05, 3.63) is 30.5 Å². The van der Waals surface area contributed by atoms with E-state index in [1.807, 2.05) is 16.5 Å². The normalized spacial score (nSPS) is 16.2. The number of benzene rings is 1. The Balaban J connectivity index is 1.61. The lowest BCUT2D eigenvalue weighted by Gasteiger charge is -2.33. The highest BCUT2D eigenvalue weighted by Crippen LogP contribution is 2.29. The Morgan fingerprint density at radius 3 is 2.68 bits per heavy atom. The largest absolute Gasteiger partial charge is 0.494 e. The van der Waals surface area contributed by atoms with Crippen LogP contribution in [0.1, 0.15) is 33.1 Å². The van der Waals surface area contributed by atoms with Gasteiger partial charge in [-0.05, 0) is 49.3 Å². The van der Waals surface area contributed by atoms with Crippen LogP contribution in [-0.4, -0.2) is 34.6 Å². The maximum Gasteiger partial charge on any atom is 0.236 e. The topological polar surface area (TPSA) is 42.7 Å². The van der Waals surface area contributed by atoms with Gasteiger partial charge in [0.1, 0.15) is 17.1 Å². The van der Waals surface area contributed by atoms with Gasteiger partial charge in [0.25, 0.3) is 0 Å². The van der Waals surface area contributed by atoms with Gasteiger partial charge >= 0.3 is 0 Å². The molecule has 1 aromatic carbocycles. The third-order valence-corrected chi connectivity index (χ3v) is 5.21. The third kappa shape index (κ3) is 3.03. The summed E-state index contributed by atoms with van der Waals surface area (Å²) in [5.41, 5.74) is 1.90. The van der Waals surface area contributed by atoms with Crippen molar-refractivity contribution >= 4 is 22.6 Å². The molecule has 0 aliphatic carbocycles. The molecule has 0 N–H and O–H groups in total. The Morgan fingerprint density at radius 2 is 1.96 bits per heavy atom. The smallest absolute Gasteiger partial charge is 0.236 e. The van der Waals surface area contributed by atoms with Crippen LogP contribution in [-0.2, 0) is 0 Å². The fraction of sp³-hybridized carbons (Fsp3) is 0.500. The van der Waals surface area contributed by atoms with Crippen LogP contribution in [0.5, 0.6) is 5.75 Å². The molecule has 1 fully saturated rings. The minimum atomic E-state index is 0.737. The number of para-hydroxylation sites is 1. The molecule has 132 valence electrons. The Labute approximate surface area is 148 Å². The molecule has 0 amide bonds. The SMILES string of the molecule is COc1cccc2c1nc1nc(N3CCC(CC(C)C)CC3)ccn12. The van der Waals surface area contributed by atoms with Crippen LogP contribution in [0.25, 0.3) is 16.8 Å². The van der Waals surface area contributed by atoms with Gasteiger partial charge in [-0.25, -0.2) is 4.98 Å². The molecule has 0 bridgehead atoms. The van der Waals surface area contributed by atoms with Crippen molar-refractivity contribution in [1.29, 1.82) is 0 Å². The quantitative estimate of drug-likeness (QED) is 0.716. The Hall–Kier alpha value is -2.30. The first-order chi connectivity index (χ1) is 12.2. The zero-order valence-corrected chi connectivity index (χ0v) is 15.3. The van der Waals surface area contributed by atoms with Crippen molar-refractivity contribution < 1.29 is 4.74 Å². The standard InChI is InChI=1S/C20H26N4O/c1-14(2)13-15-7-10-23(11-8-15)18-9-12-24-16-5-4-6-17(25-3)19(16)22-20(24)21-18/h4-6,9,12,14-15H,7-8,10-11,13H2,1-3H3. The van der Waals surface area contributed by atoms with Crippen LogP contribution in [0.15, 0.2) is 30.5 Å². The van der Waals surface area contributed by atoms with Crippen LogP contribution in [0.4, 0.5) is 5.82 Å². The number of imidazole rings is 1. The number of aromatic nitrogens is 3. The number of rotatable bonds is 4. The first-order valence-corrected chi connectivity index (χ1v) is 9.22. The molecule has 3 heterocycles. The number of ether oxygens (including phenoxy) is 1. The number of fused-ring (bicyclic) bond motifs is 3. The van der Waals surface area contributed by atoms with Crippen LogP contribution >= 0.6 is 0 Å². The fourth-order valence-corrected chi connectivity index (χ4v) is 3.99. The van der Waals surface area contributed by atoms with Crippen LogP contribution in [0.2, 0.25) is 0 Å². The summed E-state index contributed by atoms with van der Waals surface area (Å²) in [4.78, 5) is 11.9. The van der Waals surface area contributed by atoms with E-state index in [4.69, 9.17) is 14.7 Å². The average Bonchev–Trinajstić information content (AvgIpc) is 2.99. The molecular weight excluding hydrogens is 312 g/mol. The molecule has 4 rings (SSSR count). The van der Waals surface area contributed by atoms with E-state index in [9.17, 15) is 0 Å². The van der Waals surface area contributed by atoms with Gasteiger partial charge in [-0.3, -0.25) is 4.40 Å². The summed E-state index contributed by atoms with van der Waals surface area (Å²) in [5, 5.41) is 0. The van der Waals surface area contributed by atoms with Gasteiger partial charge in [0.15, 0.2) is 0 Å². The summed E-state index contributed by atoms with van der Waals surface area (Å²) >= 11 is 0. The molecule has 0 unspecified atom stereocenters. The fourth-order valence-electron chi connectivity index (χ4n) is 3.99. The van der Waals surface area contributed by atoms with Gasteiger partial charge in [-0.1, -0.05) is 19.9 Å². The lowest BCUT2D eigenvalue weighted by Crippen LogP contribution is -2.34. The summed E-state index contributed by atoms with van der Waals surface area (Å²) < 4.78 is 7.47. The lowest BCUT2D eigenvalue weighted by atomic mass is 9.89. The molecule has 25 heavy (non-hydrogen) atoms. The molecule has 0 saturated carbocycles. The Morgan fingerprint density at radius 1 is 1.16 bits per heavy atom. The van der Waals surface area contributed by atoms with Crippen molar-refractivity contribution in [3.8, 4) is 5.75 Å². The summed E-state index contributed by atoms with van der Waals surface area (Å²) in [7, 11) is 1.68. The number of methoxy groups -OCH3 is 1. The van der Waals surface area contributed by atoms with E-state index < -0.39 is 0 Å². The second-order valence-electron chi connectivity index (χ2n) is 7.46. The zero-order valence-electron chi connectivity index (χ0n) is 15.3. The molecule has 5 nitrogen and oxygen atoms in total. The number of nitrogens with zero attached hydrogens (tertiary/aromatic N) is 4. The second kappa shape index (κ2) is 6.54.